The Labute approximate surface area is 147 Å². The van der Waals surface area contributed by atoms with Gasteiger partial charge in [-0.25, -0.2) is 0 Å². The van der Waals surface area contributed by atoms with Crippen LogP contribution in [0, 0.1) is 0 Å². The first kappa shape index (κ1) is 16.0. The van der Waals surface area contributed by atoms with E-state index in [1.807, 2.05) is 24.4 Å². The standard InChI is InChI=1S/C20H21N3O2/c1-24-19-7-5-16(17-3-2-8-21-20(17)19)18-6-4-15(13-22-18)14-23-9-11-25-12-10-23/h2-8,13H,9-12,14H2,1H3. The fourth-order valence-electron chi connectivity index (χ4n) is 3.23. The van der Waals surface area contributed by atoms with Crippen LogP contribution in [0.1, 0.15) is 5.56 Å². The van der Waals surface area contributed by atoms with Crippen LogP contribution in [-0.2, 0) is 11.3 Å². The Hall–Kier alpha value is -2.50. The third-order valence-electron chi connectivity index (χ3n) is 4.56. The summed E-state index contributed by atoms with van der Waals surface area (Å²) in [6, 6.07) is 12.2. The number of hydrogen-bond acceptors (Lipinski definition) is 5. The third kappa shape index (κ3) is 3.34. The van der Waals surface area contributed by atoms with Gasteiger partial charge < -0.3 is 9.47 Å². The predicted octanol–water partition coefficient (Wildman–Crippen LogP) is 3.14. The Morgan fingerprint density at radius 1 is 1.08 bits per heavy atom. The van der Waals surface area contributed by atoms with Gasteiger partial charge >= 0.3 is 0 Å². The van der Waals surface area contributed by atoms with E-state index in [1.165, 1.54) is 5.56 Å². The lowest BCUT2D eigenvalue weighted by molar-refractivity contribution is 0.0341. The summed E-state index contributed by atoms with van der Waals surface area (Å²) in [5.41, 5.74) is 4.11. The number of benzene rings is 1. The van der Waals surface area contributed by atoms with E-state index in [-0.39, 0.29) is 0 Å². The largest absolute Gasteiger partial charge is 0.494 e. The Balaban J connectivity index is 1.63. The minimum Gasteiger partial charge on any atom is -0.494 e. The van der Waals surface area contributed by atoms with Crippen molar-refractivity contribution in [2.24, 2.45) is 0 Å². The molecular formula is C20H21N3O2. The van der Waals surface area contributed by atoms with E-state index >= 15 is 0 Å². The van der Waals surface area contributed by atoms with Crippen LogP contribution in [0.5, 0.6) is 5.75 Å². The first-order valence-corrected chi connectivity index (χ1v) is 8.52. The zero-order chi connectivity index (χ0) is 17.1. The van der Waals surface area contributed by atoms with Gasteiger partial charge in [-0.15, -0.1) is 0 Å². The molecule has 5 nitrogen and oxygen atoms in total. The number of morpholine rings is 1. The smallest absolute Gasteiger partial charge is 0.145 e. The molecule has 0 spiro atoms. The van der Waals surface area contributed by atoms with Gasteiger partial charge in [-0.2, -0.15) is 0 Å². The Morgan fingerprint density at radius 2 is 1.96 bits per heavy atom. The first-order chi connectivity index (χ1) is 12.3. The maximum Gasteiger partial charge on any atom is 0.145 e. The molecule has 0 amide bonds. The van der Waals surface area contributed by atoms with Crippen LogP contribution in [0.3, 0.4) is 0 Å². The van der Waals surface area contributed by atoms with Gasteiger partial charge in [0.2, 0.25) is 0 Å². The van der Waals surface area contributed by atoms with E-state index in [4.69, 9.17) is 14.5 Å². The van der Waals surface area contributed by atoms with Crippen LogP contribution in [0.2, 0.25) is 0 Å². The molecule has 1 fully saturated rings. The van der Waals surface area contributed by atoms with Crippen LogP contribution in [0.15, 0.2) is 48.8 Å². The summed E-state index contributed by atoms with van der Waals surface area (Å²) in [5, 5.41) is 1.05. The SMILES string of the molecule is COc1ccc(-c2ccc(CN3CCOCC3)cn2)c2cccnc12. The maximum absolute atomic E-state index is 5.42. The van der Waals surface area contributed by atoms with Crippen LogP contribution in [0.25, 0.3) is 22.2 Å². The van der Waals surface area contributed by atoms with E-state index < -0.39 is 0 Å². The van der Waals surface area contributed by atoms with Crippen molar-refractivity contribution in [3.63, 3.8) is 0 Å². The Morgan fingerprint density at radius 3 is 2.72 bits per heavy atom. The molecule has 1 aromatic carbocycles. The summed E-state index contributed by atoms with van der Waals surface area (Å²) in [6.45, 7) is 4.52. The van der Waals surface area contributed by atoms with Crippen molar-refractivity contribution in [3.05, 3.63) is 54.4 Å². The van der Waals surface area contributed by atoms with Crippen LogP contribution in [-0.4, -0.2) is 48.3 Å². The van der Waals surface area contributed by atoms with E-state index in [9.17, 15) is 0 Å². The molecule has 0 bridgehead atoms. The molecule has 0 radical (unpaired) electrons. The molecule has 3 heterocycles. The molecule has 1 saturated heterocycles. The zero-order valence-electron chi connectivity index (χ0n) is 14.3. The van der Waals surface area contributed by atoms with Crippen molar-refractivity contribution >= 4 is 10.9 Å². The van der Waals surface area contributed by atoms with Gasteiger partial charge in [-0.3, -0.25) is 14.9 Å². The summed E-state index contributed by atoms with van der Waals surface area (Å²) in [6.07, 6.45) is 3.75. The number of rotatable bonds is 4. The lowest BCUT2D eigenvalue weighted by Crippen LogP contribution is -2.35. The summed E-state index contributed by atoms with van der Waals surface area (Å²) in [4.78, 5) is 11.6. The highest BCUT2D eigenvalue weighted by molar-refractivity contribution is 5.96. The van der Waals surface area contributed by atoms with Gasteiger partial charge in [0.25, 0.3) is 0 Å². The lowest BCUT2D eigenvalue weighted by atomic mass is 10.0. The molecule has 0 aliphatic carbocycles. The number of methoxy groups -OCH3 is 1. The number of nitrogens with zero attached hydrogens (tertiary/aromatic N) is 3. The van der Waals surface area contributed by atoms with Gasteiger partial charge in [0, 0.05) is 43.0 Å². The second-order valence-corrected chi connectivity index (χ2v) is 6.16. The van der Waals surface area contributed by atoms with Crippen LogP contribution in [0.4, 0.5) is 0 Å². The molecule has 2 aromatic heterocycles. The molecular weight excluding hydrogens is 314 g/mol. The second-order valence-electron chi connectivity index (χ2n) is 6.16. The summed E-state index contributed by atoms with van der Waals surface area (Å²) in [7, 11) is 1.67. The molecule has 0 saturated carbocycles. The highest BCUT2D eigenvalue weighted by Gasteiger charge is 2.12. The molecule has 1 aliphatic heterocycles. The van der Waals surface area contributed by atoms with Crippen LogP contribution < -0.4 is 4.74 Å². The normalized spacial score (nSPS) is 15.4. The minimum atomic E-state index is 0.781. The molecule has 0 N–H and O–H groups in total. The number of aromatic nitrogens is 2. The third-order valence-corrected chi connectivity index (χ3v) is 4.56. The van der Waals surface area contributed by atoms with E-state index in [0.29, 0.717) is 0 Å². The molecule has 1 aliphatic rings. The van der Waals surface area contributed by atoms with Crippen molar-refractivity contribution in [2.75, 3.05) is 33.4 Å². The van der Waals surface area contributed by atoms with Crippen molar-refractivity contribution in [1.82, 2.24) is 14.9 Å². The highest BCUT2D eigenvalue weighted by Crippen LogP contribution is 2.32. The van der Waals surface area contributed by atoms with Gasteiger partial charge in [-0.1, -0.05) is 12.1 Å². The number of fused-ring (bicyclic) bond motifs is 1. The topological polar surface area (TPSA) is 47.5 Å². The first-order valence-electron chi connectivity index (χ1n) is 8.52. The molecule has 5 heteroatoms. The summed E-state index contributed by atoms with van der Waals surface area (Å²) >= 11 is 0. The van der Waals surface area contributed by atoms with Gasteiger partial charge in [0.15, 0.2) is 0 Å². The minimum absolute atomic E-state index is 0.781. The van der Waals surface area contributed by atoms with E-state index in [0.717, 1.165) is 60.8 Å². The van der Waals surface area contributed by atoms with Crippen molar-refractivity contribution < 1.29 is 9.47 Å². The lowest BCUT2D eigenvalue weighted by Gasteiger charge is -2.26. The van der Waals surface area contributed by atoms with Gasteiger partial charge in [0.1, 0.15) is 11.3 Å². The number of ether oxygens (including phenoxy) is 2. The monoisotopic (exact) mass is 335 g/mol. The quantitative estimate of drug-likeness (QED) is 0.733. The maximum atomic E-state index is 5.42. The van der Waals surface area contributed by atoms with Gasteiger partial charge in [0.05, 0.1) is 26.0 Å². The number of pyridine rings is 2. The van der Waals surface area contributed by atoms with Crippen molar-refractivity contribution in [1.29, 1.82) is 0 Å². The van der Waals surface area contributed by atoms with Crippen molar-refractivity contribution in [3.8, 4) is 17.0 Å². The fourth-order valence-corrected chi connectivity index (χ4v) is 3.23. The average Bonchev–Trinajstić information content (AvgIpc) is 2.69. The molecule has 3 aromatic rings. The fraction of sp³-hybridized carbons (Fsp3) is 0.300. The summed E-state index contributed by atoms with van der Waals surface area (Å²) < 4.78 is 10.8. The zero-order valence-corrected chi connectivity index (χ0v) is 14.3. The van der Waals surface area contributed by atoms with E-state index in [1.54, 1.807) is 13.3 Å². The molecule has 128 valence electrons. The highest BCUT2D eigenvalue weighted by atomic mass is 16.5. The van der Waals surface area contributed by atoms with E-state index in [2.05, 4.69) is 28.1 Å². The van der Waals surface area contributed by atoms with Gasteiger partial charge in [-0.05, 0) is 29.8 Å². The van der Waals surface area contributed by atoms with Crippen LogP contribution >= 0.6 is 0 Å². The van der Waals surface area contributed by atoms with Crippen molar-refractivity contribution in [2.45, 2.75) is 6.54 Å². The Bertz CT molecular complexity index is 858. The molecule has 0 atom stereocenters. The Kier molecular flexibility index (Phi) is 4.59. The average molecular weight is 335 g/mol. The number of hydrogen-bond donors (Lipinski definition) is 0. The molecule has 0 unspecified atom stereocenters. The molecule has 4 rings (SSSR count). The second kappa shape index (κ2) is 7.17. The summed E-state index contributed by atoms with van der Waals surface area (Å²) in [5.74, 6) is 0.781. The predicted molar refractivity (Wildman–Crippen MR) is 97.6 cm³/mol. The molecule has 25 heavy (non-hydrogen) atoms.